The molecule has 9 atom stereocenters. The van der Waals surface area contributed by atoms with Crippen molar-refractivity contribution in [3.63, 3.8) is 0 Å². The first-order valence-electron chi connectivity index (χ1n) is 12.9. The summed E-state index contributed by atoms with van der Waals surface area (Å²) in [5.41, 5.74) is -0.193. The fourth-order valence-corrected chi connectivity index (χ4v) is 6.32. The molecule has 0 aromatic heterocycles. The van der Waals surface area contributed by atoms with Crippen LogP contribution in [0.4, 0.5) is 0 Å². The molecule has 184 valence electrons. The Balaban J connectivity index is 1.62. The largest absolute Gasteiger partial charge is 0.393 e. The smallest absolute Gasteiger partial charge is 0.225 e. The second-order valence-corrected chi connectivity index (χ2v) is 12.3. The maximum atomic E-state index is 13.4. The number of piperidine rings is 2. The molecule has 2 saturated heterocycles. The average molecular weight is 450 g/mol. The van der Waals surface area contributed by atoms with E-state index in [1.54, 1.807) is 0 Å². The highest BCUT2D eigenvalue weighted by atomic mass is 16.3. The zero-order valence-corrected chi connectivity index (χ0v) is 21.4. The van der Waals surface area contributed by atoms with Crippen LogP contribution in [0.2, 0.25) is 0 Å². The van der Waals surface area contributed by atoms with Crippen molar-refractivity contribution >= 4 is 11.8 Å². The summed E-state index contributed by atoms with van der Waals surface area (Å²) in [5.74, 6) is 1.63. The standard InChI is InChI=1S/C26H47N3O3/c1-15-8-9-18(24(31)28-17(3)11-23(30)26(4,5)6)12-20(15)21-13-19-14-27-16(2)10-22(19)29(7)25(21)32/h15-23,27,30H,8-14H2,1-7H3,(H,28,31). The topological polar surface area (TPSA) is 81.7 Å². The zero-order chi connectivity index (χ0) is 23.8. The number of rotatable bonds is 5. The van der Waals surface area contributed by atoms with Crippen LogP contribution in [0.15, 0.2) is 0 Å². The van der Waals surface area contributed by atoms with Crippen LogP contribution in [0.1, 0.15) is 80.1 Å². The van der Waals surface area contributed by atoms with Gasteiger partial charge >= 0.3 is 0 Å². The first-order valence-corrected chi connectivity index (χ1v) is 12.9. The van der Waals surface area contributed by atoms with Crippen molar-refractivity contribution in [1.29, 1.82) is 0 Å². The van der Waals surface area contributed by atoms with E-state index < -0.39 is 6.10 Å². The normalized spacial score (nSPS) is 38.1. The molecule has 3 N–H and O–H groups in total. The highest BCUT2D eigenvalue weighted by Crippen LogP contribution is 2.44. The molecular weight excluding hydrogens is 402 g/mol. The van der Waals surface area contributed by atoms with Crippen LogP contribution in [0.3, 0.4) is 0 Å². The van der Waals surface area contributed by atoms with Gasteiger partial charge in [0, 0.05) is 43.6 Å². The maximum absolute atomic E-state index is 13.4. The van der Waals surface area contributed by atoms with Gasteiger partial charge in [-0.2, -0.15) is 0 Å². The molecule has 3 rings (SSSR count). The molecule has 2 heterocycles. The molecule has 9 unspecified atom stereocenters. The average Bonchev–Trinajstić information content (AvgIpc) is 2.70. The number of amides is 2. The Morgan fingerprint density at radius 3 is 2.56 bits per heavy atom. The van der Waals surface area contributed by atoms with Crippen molar-refractivity contribution in [3.05, 3.63) is 0 Å². The van der Waals surface area contributed by atoms with Crippen LogP contribution in [-0.4, -0.2) is 59.6 Å². The lowest BCUT2D eigenvalue weighted by atomic mass is 9.64. The van der Waals surface area contributed by atoms with Crippen molar-refractivity contribution in [2.24, 2.45) is 35.0 Å². The van der Waals surface area contributed by atoms with E-state index in [0.29, 0.717) is 36.2 Å². The molecule has 0 bridgehead atoms. The number of carbonyl (C=O) groups excluding carboxylic acids is 2. The third-order valence-corrected chi connectivity index (χ3v) is 8.70. The summed E-state index contributed by atoms with van der Waals surface area (Å²) in [6, 6.07) is 0.750. The fourth-order valence-electron chi connectivity index (χ4n) is 6.32. The molecule has 0 aromatic carbocycles. The lowest BCUT2D eigenvalue weighted by Gasteiger charge is -2.50. The maximum Gasteiger partial charge on any atom is 0.225 e. The number of aliphatic hydroxyl groups excluding tert-OH is 1. The van der Waals surface area contributed by atoms with E-state index in [1.165, 1.54) is 0 Å². The lowest BCUT2D eigenvalue weighted by Crippen LogP contribution is -2.60. The van der Waals surface area contributed by atoms with Gasteiger partial charge < -0.3 is 20.6 Å². The molecule has 2 aliphatic heterocycles. The summed E-state index contributed by atoms with van der Waals surface area (Å²) in [6.45, 7) is 13.5. The Hall–Kier alpha value is -1.14. The van der Waals surface area contributed by atoms with Gasteiger partial charge in [0.1, 0.15) is 0 Å². The molecule has 2 amide bonds. The first kappa shape index (κ1) is 25.5. The predicted octanol–water partition coefficient (Wildman–Crippen LogP) is 3.19. The number of hydrogen-bond acceptors (Lipinski definition) is 4. The van der Waals surface area contributed by atoms with E-state index in [9.17, 15) is 14.7 Å². The quantitative estimate of drug-likeness (QED) is 0.602. The Morgan fingerprint density at radius 1 is 1.22 bits per heavy atom. The van der Waals surface area contributed by atoms with Crippen LogP contribution in [0.25, 0.3) is 0 Å². The number of carbonyl (C=O) groups is 2. The molecular formula is C26H47N3O3. The van der Waals surface area contributed by atoms with E-state index >= 15 is 0 Å². The van der Waals surface area contributed by atoms with Gasteiger partial charge in [-0.3, -0.25) is 9.59 Å². The highest BCUT2D eigenvalue weighted by molar-refractivity contribution is 5.81. The van der Waals surface area contributed by atoms with Gasteiger partial charge in [-0.15, -0.1) is 0 Å². The minimum absolute atomic E-state index is 0.0298. The molecule has 6 heteroatoms. The molecule has 1 saturated carbocycles. The molecule has 32 heavy (non-hydrogen) atoms. The number of nitrogens with one attached hydrogen (secondary N) is 2. The third-order valence-electron chi connectivity index (χ3n) is 8.70. The summed E-state index contributed by atoms with van der Waals surface area (Å²) < 4.78 is 0. The van der Waals surface area contributed by atoms with Gasteiger partial charge in [0.15, 0.2) is 0 Å². The SMILES string of the molecule is CC1CC2C(CN1)CC(C1CC(C(=O)NC(C)CC(O)C(C)(C)C)CCC1C)C(=O)N2C. The third kappa shape index (κ3) is 5.67. The Kier molecular flexibility index (Phi) is 7.97. The number of aliphatic hydroxyl groups is 1. The van der Waals surface area contributed by atoms with Crippen LogP contribution < -0.4 is 10.6 Å². The van der Waals surface area contributed by atoms with Crippen LogP contribution in [0.5, 0.6) is 0 Å². The number of nitrogens with zero attached hydrogens (tertiary/aromatic N) is 1. The van der Waals surface area contributed by atoms with E-state index in [4.69, 9.17) is 0 Å². The Morgan fingerprint density at radius 2 is 1.91 bits per heavy atom. The van der Waals surface area contributed by atoms with Gasteiger partial charge in [0.25, 0.3) is 0 Å². The monoisotopic (exact) mass is 449 g/mol. The van der Waals surface area contributed by atoms with Crippen molar-refractivity contribution in [2.45, 2.75) is 104 Å². The van der Waals surface area contributed by atoms with Crippen LogP contribution in [-0.2, 0) is 9.59 Å². The van der Waals surface area contributed by atoms with Gasteiger partial charge in [-0.25, -0.2) is 0 Å². The number of hydrogen-bond donors (Lipinski definition) is 3. The summed E-state index contributed by atoms with van der Waals surface area (Å²) in [4.78, 5) is 28.5. The lowest BCUT2D eigenvalue weighted by molar-refractivity contribution is -0.149. The minimum Gasteiger partial charge on any atom is -0.393 e. The first-order chi connectivity index (χ1) is 14.9. The predicted molar refractivity (Wildman–Crippen MR) is 128 cm³/mol. The summed E-state index contributed by atoms with van der Waals surface area (Å²) in [6.07, 6.45) is 4.77. The van der Waals surface area contributed by atoms with Crippen molar-refractivity contribution in [2.75, 3.05) is 13.6 Å². The number of fused-ring (bicyclic) bond motifs is 1. The molecule has 1 aliphatic carbocycles. The van der Waals surface area contributed by atoms with Crippen molar-refractivity contribution in [1.82, 2.24) is 15.5 Å². The number of likely N-dealkylation sites (tertiary alicyclic amines) is 1. The van der Waals surface area contributed by atoms with E-state index in [1.807, 2.05) is 39.6 Å². The second kappa shape index (κ2) is 10.0. The van der Waals surface area contributed by atoms with Crippen LogP contribution >= 0.6 is 0 Å². The molecule has 0 spiro atoms. The van der Waals surface area contributed by atoms with Gasteiger partial charge in [0.05, 0.1) is 6.10 Å². The molecule has 0 aromatic rings. The van der Waals surface area contributed by atoms with E-state index in [2.05, 4.69) is 24.5 Å². The van der Waals surface area contributed by atoms with Gasteiger partial charge in [-0.05, 0) is 75.5 Å². The summed E-state index contributed by atoms with van der Waals surface area (Å²) in [5, 5.41) is 17.2. The van der Waals surface area contributed by atoms with Crippen molar-refractivity contribution < 1.29 is 14.7 Å². The molecule has 0 radical (unpaired) electrons. The zero-order valence-electron chi connectivity index (χ0n) is 21.4. The Bertz CT molecular complexity index is 676. The molecule has 6 nitrogen and oxygen atoms in total. The molecule has 3 fully saturated rings. The van der Waals surface area contributed by atoms with Crippen molar-refractivity contribution in [3.8, 4) is 0 Å². The molecule has 3 aliphatic rings. The van der Waals surface area contributed by atoms with Gasteiger partial charge in [0.2, 0.25) is 11.8 Å². The highest BCUT2D eigenvalue weighted by Gasteiger charge is 2.47. The fraction of sp³-hybridized carbons (Fsp3) is 0.923. The summed E-state index contributed by atoms with van der Waals surface area (Å²) >= 11 is 0. The van der Waals surface area contributed by atoms with E-state index in [-0.39, 0.29) is 35.1 Å². The second-order valence-electron chi connectivity index (χ2n) is 12.3. The van der Waals surface area contributed by atoms with Gasteiger partial charge in [-0.1, -0.05) is 27.7 Å². The summed E-state index contributed by atoms with van der Waals surface area (Å²) in [7, 11) is 1.99. The van der Waals surface area contributed by atoms with E-state index in [0.717, 1.165) is 38.6 Å². The van der Waals surface area contributed by atoms with Crippen LogP contribution in [0, 0.1) is 35.0 Å². The minimum atomic E-state index is -0.452. The Labute approximate surface area is 195 Å².